The summed E-state index contributed by atoms with van der Waals surface area (Å²) >= 11 is 0. The van der Waals surface area contributed by atoms with Gasteiger partial charge >= 0.3 is 11.8 Å². The number of amides is 1. The first-order valence-corrected chi connectivity index (χ1v) is 10.3. The SMILES string of the molecule is CC(C)(CN=[N+]=[N-])OC(=O)N1CC[C@H](Nc2nc(-c3n[nH]c(=O)[nH]3)cc3cccc(F)c23)C1. The molecule has 1 saturated heterocycles. The van der Waals surface area contributed by atoms with Crippen LogP contribution in [-0.4, -0.2) is 62.4 Å². The van der Waals surface area contributed by atoms with Gasteiger partial charge in [0.25, 0.3) is 0 Å². The highest BCUT2D eigenvalue weighted by molar-refractivity contribution is 5.94. The Hall–Kier alpha value is -4.12. The minimum atomic E-state index is -0.940. The van der Waals surface area contributed by atoms with Crippen LogP contribution in [0.1, 0.15) is 20.3 Å². The molecular weight excluding hydrogens is 433 g/mol. The van der Waals surface area contributed by atoms with Crippen molar-refractivity contribution in [3.05, 3.63) is 51.0 Å². The molecule has 0 aliphatic carbocycles. The van der Waals surface area contributed by atoms with Crippen molar-refractivity contribution in [1.29, 1.82) is 0 Å². The third-order valence-corrected chi connectivity index (χ3v) is 5.22. The fraction of sp³-hybridized carbons (Fsp3) is 0.400. The standard InChI is InChI=1S/C20H22FN9O3/c1-20(2,10-23-29-22)33-19(32)30-7-6-12(9-30)24-17-15-11(4-3-5-13(15)21)8-14(25-17)16-26-18(31)28-27-16/h3-5,8,12H,6-7,9-10H2,1-2H3,(H,24,25)(H2,26,27,28,31)/t12-/m0/s1. The number of ether oxygens (including phenoxy) is 1. The molecule has 4 rings (SSSR count). The molecule has 1 aliphatic rings. The quantitative estimate of drug-likeness (QED) is 0.293. The number of likely N-dealkylation sites (tertiary alicyclic amines) is 1. The van der Waals surface area contributed by atoms with Gasteiger partial charge in [0.2, 0.25) is 0 Å². The predicted octanol–water partition coefficient (Wildman–Crippen LogP) is 3.16. The summed E-state index contributed by atoms with van der Waals surface area (Å²) in [4.78, 5) is 35.3. The fourth-order valence-electron chi connectivity index (χ4n) is 3.66. The summed E-state index contributed by atoms with van der Waals surface area (Å²) < 4.78 is 20.1. The molecule has 33 heavy (non-hydrogen) atoms. The predicted molar refractivity (Wildman–Crippen MR) is 118 cm³/mol. The average molecular weight is 455 g/mol. The number of carbonyl (C=O) groups excluding carboxylic acids is 1. The summed E-state index contributed by atoms with van der Waals surface area (Å²) in [6, 6.07) is 6.10. The molecule has 1 amide bonds. The molecular formula is C20H22FN9O3. The minimum Gasteiger partial charge on any atom is -0.443 e. The van der Waals surface area contributed by atoms with E-state index in [9.17, 15) is 14.0 Å². The van der Waals surface area contributed by atoms with Crippen molar-refractivity contribution < 1.29 is 13.9 Å². The van der Waals surface area contributed by atoms with Crippen LogP contribution in [0, 0.1) is 5.82 Å². The van der Waals surface area contributed by atoms with Gasteiger partial charge in [-0.05, 0) is 43.3 Å². The number of hydrogen-bond donors (Lipinski definition) is 3. The van der Waals surface area contributed by atoms with Crippen molar-refractivity contribution in [2.45, 2.75) is 31.9 Å². The van der Waals surface area contributed by atoms with Crippen molar-refractivity contribution >= 4 is 22.7 Å². The summed E-state index contributed by atoms with van der Waals surface area (Å²) in [7, 11) is 0. The van der Waals surface area contributed by atoms with Gasteiger partial charge in [0.15, 0.2) is 5.82 Å². The van der Waals surface area contributed by atoms with E-state index in [2.05, 4.69) is 35.5 Å². The normalized spacial score (nSPS) is 16.0. The van der Waals surface area contributed by atoms with Crippen molar-refractivity contribution in [1.82, 2.24) is 25.1 Å². The fourth-order valence-corrected chi connectivity index (χ4v) is 3.66. The van der Waals surface area contributed by atoms with Crippen LogP contribution in [0.2, 0.25) is 0 Å². The zero-order valence-corrected chi connectivity index (χ0v) is 18.0. The second kappa shape index (κ2) is 8.79. The lowest BCUT2D eigenvalue weighted by Crippen LogP contribution is -2.39. The molecule has 172 valence electrons. The van der Waals surface area contributed by atoms with Crippen LogP contribution in [-0.2, 0) is 4.74 Å². The van der Waals surface area contributed by atoms with Gasteiger partial charge in [-0.2, -0.15) is 5.10 Å². The van der Waals surface area contributed by atoms with Gasteiger partial charge in [0, 0.05) is 24.0 Å². The van der Waals surface area contributed by atoms with E-state index in [0.29, 0.717) is 36.0 Å². The average Bonchev–Trinajstić information content (AvgIpc) is 3.41. The van der Waals surface area contributed by atoms with Crippen LogP contribution in [0.25, 0.3) is 32.7 Å². The Labute approximate surface area is 186 Å². The molecule has 13 heteroatoms. The summed E-state index contributed by atoms with van der Waals surface area (Å²) in [5.41, 5.74) is 7.43. The molecule has 1 fully saturated rings. The van der Waals surface area contributed by atoms with Crippen LogP contribution < -0.4 is 11.0 Å². The van der Waals surface area contributed by atoms with Gasteiger partial charge in [-0.1, -0.05) is 17.2 Å². The zero-order chi connectivity index (χ0) is 23.6. The number of azide groups is 1. The molecule has 1 aliphatic heterocycles. The first kappa shape index (κ1) is 22.1. The second-order valence-corrected chi connectivity index (χ2v) is 8.31. The van der Waals surface area contributed by atoms with E-state index < -0.39 is 23.2 Å². The molecule has 0 bridgehead atoms. The van der Waals surface area contributed by atoms with Gasteiger partial charge < -0.3 is 15.0 Å². The Balaban J connectivity index is 1.55. The van der Waals surface area contributed by atoms with E-state index in [-0.39, 0.29) is 24.2 Å². The lowest BCUT2D eigenvalue weighted by atomic mass is 10.1. The second-order valence-electron chi connectivity index (χ2n) is 8.31. The van der Waals surface area contributed by atoms with E-state index in [4.69, 9.17) is 10.3 Å². The number of rotatable bonds is 6. The first-order chi connectivity index (χ1) is 15.8. The summed E-state index contributed by atoms with van der Waals surface area (Å²) in [5, 5.41) is 13.8. The van der Waals surface area contributed by atoms with Gasteiger partial charge in [-0.3, -0.25) is 4.98 Å². The highest BCUT2D eigenvalue weighted by Gasteiger charge is 2.32. The van der Waals surface area contributed by atoms with Crippen molar-refractivity contribution in [3.8, 4) is 11.5 Å². The molecule has 0 spiro atoms. The van der Waals surface area contributed by atoms with Gasteiger partial charge in [-0.15, -0.1) is 0 Å². The third-order valence-electron chi connectivity index (χ3n) is 5.22. The summed E-state index contributed by atoms with van der Waals surface area (Å²) in [6.45, 7) is 4.09. The van der Waals surface area contributed by atoms with Crippen molar-refractivity contribution in [2.24, 2.45) is 5.11 Å². The number of anilines is 1. The molecule has 1 aromatic carbocycles. The van der Waals surface area contributed by atoms with E-state index in [1.54, 1.807) is 32.0 Å². The smallest absolute Gasteiger partial charge is 0.410 e. The number of H-pyrrole nitrogens is 2. The number of aromatic amines is 2. The molecule has 2 aromatic heterocycles. The largest absolute Gasteiger partial charge is 0.443 e. The number of halogens is 1. The van der Waals surface area contributed by atoms with Crippen LogP contribution in [0.3, 0.4) is 0 Å². The Morgan fingerprint density at radius 1 is 1.48 bits per heavy atom. The third kappa shape index (κ3) is 4.88. The van der Waals surface area contributed by atoms with Crippen LogP contribution in [0.5, 0.6) is 0 Å². The van der Waals surface area contributed by atoms with Crippen molar-refractivity contribution in [3.63, 3.8) is 0 Å². The van der Waals surface area contributed by atoms with Crippen LogP contribution in [0.4, 0.5) is 15.0 Å². The van der Waals surface area contributed by atoms with Gasteiger partial charge in [-0.25, -0.2) is 24.1 Å². The molecule has 0 saturated carbocycles. The number of pyridine rings is 1. The Bertz CT molecular complexity index is 1300. The molecule has 12 nitrogen and oxygen atoms in total. The maximum absolute atomic E-state index is 14.7. The van der Waals surface area contributed by atoms with Gasteiger partial charge in [0.1, 0.15) is 22.9 Å². The van der Waals surface area contributed by atoms with E-state index in [0.717, 1.165) is 0 Å². The number of fused-ring (bicyclic) bond motifs is 1. The topological polar surface area (TPSA) is 165 Å². The van der Waals surface area contributed by atoms with E-state index in [1.807, 2.05) is 0 Å². The highest BCUT2D eigenvalue weighted by atomic mass is 19.1. The summed E-state index contributed by atoms with van der Waals surface area (Å²) in [5.74, 6) is 0.0695. The van der Waals surface area contributed by atoms with E-state index in [1.165, 1.54) is 11.0 Å². The number of hydrogen-bond acceptors (Lipinski definition) is 7. The van der Waals surface area contributed by atoms with Crippen LogP contribution >= 0.6 is 0 Å². The number of aromatic nitrogens is 4. The maximum atomic E-state index is 14.7. The Morgan fingerprint density at radius 2 is 2.30 bits per heavy atom. The number of nitrogens with zero attached hydrogens (tertiary/aromatic N) is 6. The first-order valence-electron chi connectivity index (χ1n) is 10.3. The van der Waals surface area contributed by atoms with Crippen LogP contribution in [0.15, 0.2) is 34.2 Å². The molecule has 3 heterocycles. The maximum Gasteiger partial charge on any atom is 0.410 e. The minimum absolute atomic E-state index is 0.0159. The number of nitrogens with one attached hydrogen (secondary N) is 3. The van der Waals surface area contributed by atoms with Crippen molar-refractivity contribution in [2.75, 3.05) is 25.0 Å². The molecule has 0 unspecified atom stereocenters. The summed E-state index contributed by atoms with van der Waals surface area (Å²) in [6.07, 6.45) is 0.0664. The molecule has 3 N–H and O–H groups in total. The van der Waals surface area contributed by atoms with Gasteiger partial charge in [0.05, 0.1) is 11.9 Å². The Kier molecular flexibility index (Phi) is 5.88. The lowest BCUT2D eigenvalue weighted by molar-refractivity contribution is 0.0232. The molecule has 1 atom stereocenters. The molecule has 0 radical (unpaired) electrons. The molecule has 3 aromatic rings. The zero-order valence-electron chi connectivity index (χ0n) is 18.0. The Morgan fingerprint density at radius 3 is 3.03 bits per heavy atom. The number of carbonyl (C=O) groups is 1. The highest BCUT2D eigenvalue weighted by Crippen LogP contribution is 2.30. The lowest BCUT2D eigenvalue weighted by Gasteiger charge is -2.26. The monoisotopic (exact) mass is 455 g/mol. The van der Waals surface area contributed by atoms with E-state index >= 15 is 0 Å². The number of benzene rings is 1.